The summed E-state index contributed by atoms with van der Waals surface area (Å²) in [6, 6.07) is 63.0. The minimum atomic E-state index is 1.24. The molecule has 9 aromatic rings. The van der Waals surface area contributed by atoms with Crippen molar-refractivity contribution in [2.75, 3.05) is 6.26 Å². The second-order valence-corrected chi connectivity index (χ2v) is 13.9. The first-order valence-corrected chi connectivity index (χ1v) is 18.3. The van der Waals surface area contributed by atoms with E-state index < -0.39 is 0 Å². The highest BCUT2D eigenvalue weighted by Crippen LogP contribution is 2.46. The van der Waals surface area contributed by atoms with Crippen LogP contribution in [-0.2, 0) is 11.8 Å². The van der Waals surface area contributed by atoms with Gasteiger partial charge < -0.3 is 0 Å². The van der Waals surface area contributed by atoms with Gasteiger partial charge in [0.15, 0.2) is 4.90 Å². The number of fused-ring (bicyclic) bond motifs is 4. The zero-order chi connectivity index (χ0) is 32.9. The summed E-state index contributed by atoms with van der Waals surface area (Å²) >= 11 is 1.26. The van der Waals surface area contributed by atoms with E-state index in [0.717, 1.165) is 0 Å². The van der Waals surface area contributed by atoms with Crippen LogP contribution in [0.2, 0.25) is 0 Å². The molecule has 0 aliphatic rings. The normalized spacial score (nSPS) is 11.6. The largest absolute Gasteiger partial charge is 0.152 e. The Kier molecular flexibility index (Phi) is 7.29. The molecule has 0 N–H and O–H groups in total. The third-order valence-electron chi connectivity index (χ3n) is 10.0. The van der Waals surface area contributed by atoms with Gasteiger partial charge in [-0.25, -0.2) is 0 Å². The summed E-state index contributed by atoms with van der Waals surface area (Å²) < 4.78 is 0. The first kappa shape index (κ1) is 29.5. The molecular formula is C48H35S+. The Labute approximate surface area is 291 Å². The van der Waals surface area contributed by atoms with Crippen LogP contribution in [0.25, 0.3) is 87.6 Å². The highest BCUT2D eigenvalue weighted by Gasteiger charge is 2.20. The molecule has 1 heteroatoms. The molecule has 9 aromatic carbocycles. The maximum absolute atomic E-state index is 2.42. The lowest BCUT2D eigenvalue weighted by Crippen LogP contribution is -1.94. The zero-order valence-electron chi connectivity index (χ0n) is 27.6. The maximum atomic E-state index is 2.42. The van der Waals surface area contributed by atoms with Crippen LogP contribution in [0.4, 0.5) is 0 Å². The molecule has 0 atom stereocenters. The lowest BCUT2D eigenvalue weighted by atomic mass is 9.84. The van der Waals surface area contributed by atoms with E-state index in [-0.39, 0.29) is 0 Å². The Bertz CT molecular complexity index is 2710. The van der Waals surface area contributed by atoms with E-state index in [2.05, 4.69) is 183 Å². The summed E-state index contributed by atoms with van der Waals surface area (Å²) in [5.74, 6) is 0. The summed E-state index contributed by atoms with van der Waals surface area (Å²) in [5, 5.41) is 10.2. The molecule has 0 saturated heterocycles. The van der Waals surface area contributed by atoms with Gasteiger partial charge in [0.05, 0.1) is 0 Å². The monoisotopic (exact) mass is 643 g/mol. The van der Waals surface area contributed by atoms with Crippen molar-refractivity contribution in [1.82, 2.24) is 0 Å². The van der Waals surface area contributed by atoms with E-state index in [4.69, 9.17) is 0 Å². The SMILES string of the molecule is C[SH+]c1ccc2c(-c3cccc(-c4cccc5ccccc45)c3)c3cc(C)ccc3c(-c3cccc(-c4cccc5ccccc45)c3)c2c1. The molecule has 0 radical (unpaired) electrons. The molecule has 0 saturated carbocycles. The van der Waals surface area contributed by atoms with Gasteiger partial charge in [-0.15, -0.1) is 0 Å². The highest BCUT2D eigenvalue weighted by atomic mass is 32.2. The van der Waals surface area contributed by atoms with E-state index in [1.165, 1.54) is 110 Å². The molecule has 0 spiro atoms. The van der Waals surface area contributed by atoms with Crippen molar-refractivity contribution in [2.45, 2.75) is 11.8 Å². The molecule has 9 rings (SSSR count). The average Bonchev–Trinajstić information content (AvgIpc) is 3.16. The smallest absolute Gasteiger partial charge is 0.0616 e. The fraction of sp³-hybridized carbons (Fsp3) is 0.0417. The van der Waals surface area contributed by atoms with Crippen molar-refractivity contribution in [1.29, 1.82) is 0 Å². The Morgan fingerprint density at radius 1 is 0.347 bits per heavy atom. The van der Waals surface area contributed by atoms with Crippen molar-refractivity contribution in [3.63, 3.8) is 0 Å². The van der Waals surface area contributed by atoms with Crippen molar-refractivity contribution in [2.24, 2.45) is 0 Å². The van der Waals surface area contributed by atoms with Gasteiger partial charge in [-0.2, -0.15) is 0 Å². The number of thiol groups is 1. The quantitative estimate of drug-likeness (QED) is 0.0994. The van der Waals surface area contributed by atoms with Crippen LogP contribution in [0.15, 0.2) is 175 Å². The number of aryl methyl sites for hydroxylation is 1. The second kappa shape index (κ2) is 12.1. The van der Waals surface area contributed by atoms with Gasteiger partial charge in [0.2, 0.25) is 0 Å². The fourth-order valence-corrected chi connectivity index (χ4v) is 8.21. The minimum Gasteiger partial charge on any atom is -0.0616 e. The van der Waals surface area contributed by atoms with E-state index in [1.807, 2.05) is 0 Å². The zero-order valence-corrected chi connectivity index (χ0v) is 28.5. The van der Waals surface area contributed by atoms with Gasteiger partial charge in [-0.05, 0) is 119 Å². The van der Waals surface area contributed by atoms with Crippen LogP contribution in [0.5, 0.6) is 0 Å². The molecule has 0 heterocycles. The standard InChI is InChI=1S/C48H34S/c1-31-23-25-43-45(27-31)47(36-17-7-15-34(28-36)41-21-9-13-32-11-3-5-19-39(32)41)44-26-24-38(49-2)30-46(44)48(43)37-18-8-16-35(29-37)42-22-10-14-33-12-4-6-20-40(33)42/h3-30H,1-2H3/p+1. The predicted molar refractivity (Wildman–Crippen MR) is 216 cm³/mol. The lowest BCUT2D eigenvalue weighted by molar-refractivity contribution is 1.49. The van der Waals surface area contributed by atoms with Crippen LogP contribution in [0, 0.1) is 6.92 Å². The second-order valence-electron chi connectivity index (χ2n) is 13.0. The van der Waals surface area contributed by atoms with E-state index >= 15 is 0 Å². The molecule has 0 bridgehead atoms. The summed E-state index contributed by atoms with van der Waals surface area (Å²) in [6.45, 7) is 2.21. The molecule has 0 fully saturated rings. The molecule has 0 aliphatic heterocycles. The average molecular weight is 644 g/mol. The molecule has 0 unspecified atom stereocenters. The molecule has 0 nitrogen and oxygen atoms in total. The summed E-state index contributed by atoms with van der Waals surface area (Å²) in [6.07, 6.45) is 2.22. The first-order valence-electron chi connectivity index (χ1n) is 16.9. The summed E-state index contributed by atoms with van der Waals surface area (Å²) in [5.41, 5.74) is 11.3. The third kappa shape index (κ3) is 5.10. The lowest BCUT2D eigenvalue weighted by Gasteiger charge is -2.19. The van der Waals surface area contributed by atoms with Crippen LogP contribution in [0.1, 0.15) is 5.56 Å². The van der Waals surface area contributed by atoms with Gasteiger partial charge in [0.1, 0.15) is 6.26 Å². The Balaban J connectivity index is 1.32. The van der Waals surface area contributed by atoms with Crippen LogP contribution >= 0.6 is 0 Å². The Morgan fingerprint density at radius 2 is 0.816 bits per heavy atom. The van der Waals surface area contributed by atoms with Crippen molar-refractivity contribution >= 4 is 54.9 Å². The van der Waals surface area contributed by atoms with Crippen molar-refractivity contribution in [3.8, 4) is 44.5 Å². The number of rotatable bonds is 5. The van der Waals surface area contributed by atoms with Crippen molar-refractivity contribution in [3.05, 3.63) is 175 Å². The predicted octanol–water partition coefficient (Wildman–Crippen LogP) is 13.1. The number of hydrogen-bond acceptors (Lipinski definition) is 0. The van der Waals surface area contributed by atoms with E-state index in [0.29, 0.717) is 0 Å². The molecule has 49 heavy (non-hydrogen) atoms. The molecule has 0 amide bonds. The van der Waals surface area contributed by atoms with E-state index in [1.54, 1.807) is 0 Å². The first-order chi connectivity index (χ1) is 24.2. The van der Waals surface area contributed by atoms with Crippen LogP contribution < -0.4 is 0 Å². The third-order valence-corrected chi connectivity index (χ3v) is 10.8. The summed E-state index contributed by atoms with van der Waals surface area (Å²) in [4.78, 5) is 1.32. The number of hydrogen-bond donors (Lipinski definition) is 0. The molecule has 0 aliphatic carbocycles. The Hall–Kier alpha value is -5.63. The maximum Gasteiger partial charge on any atom is 0.152 e. The molecular weight excluding hydrogens is 609 g/mol. The van der Waals surface area contributed by atoms with Gasteiger partial charge in [0.25, 0.3) is 0 Å². The van der Waals surface area contributed by atoms with Crippen LogP contribution in [0.3, 0.4) is 0 Å². The van der Waals surface area contributed by atoms with Gasteiger partial charge in [-0.1, -0.05) is 145 Å². The molecule has 0 aromatic heterocycles. The van der Waals surface area contributed by atoms with Gasteiger partial charge in [-0.3, -0.25) is 0 Å². The van der Waals surface area contributed by atoms with Crippen molar-refractivity contribution < 1.29 is 0 Å². The van der Waals surface area contributed by atoms with Crippen LogP contribution in [-0.4, -0.2) is 6.26 Å². The fourth-order valence-electron chi connectivity index (χ4n) is 7.73. The highest BCUT2D eigenvalue weighted by molar-refractivity contribution is 7.77. The van der Waals surface area contributed by atoms with Gasteiger partial charge >= 0.3 is 0 Å². The topological polar surface area (TPSA) is 0 Å². The number of benzene rings is 9. The Morgan fingerprint density at radius 3 is 1.39 bits per heavy atom. The molecule has 232 valence electrons. The minimum absolute atomic E-state index is 1.24. The van der Waals surface area contributed by atoms with Gasteiger partial charge in [0, 0.05) is 17.8 Å². The summed E-state index contributed by atoms with van der Waals surface area (Å²) in [7, 11) is 0. The van der Waals surface area contributed by atoms with E-state index in [9.17, 15) is 0 Å².